The normalized spacial score (nSPS) is 11.6. The van der Waals surface area contributed by atoms with Crippen molar-refractivity contribution in [1.82, 2.24) is 9.97 Å². The van der Waals surface area contributed by atoms with Crippen molar-refractivity contribution in [3.05, 3.63) is 41.8 Å². The topological polar surface area (TPSA) is 133 Å². The molecular weight excluding hydrogens is 305 g/mol. The van der Waals surface area contributed by atoms with E-state index in [-0.39, 0.29) is 29.8 Å². The van der Waals surface area contributed by atoms with E-state index in [1.54, 1.807) is 0 Å². The van der Waals surface area contributed by atoms with E-state index in [1.807, 2.05) is 0 Å². The summed E-state index contributed by atoms with van der Waals surface area (Å²) < 4.78 is 18.2. The minimum atomic E-state index is -0.796. The van der Waals surface area contributed by atoms with Crippen molar-refractivity contribution in [2.45, 2.75) is 6.04 Å². The first-order chi connectivity index (χ1) is 11.0. The number of amides is 1. The van der Waals surface area contributed by atoms with Crippen molar-refractivity contribution < 1.29 is 18.7 Å². The van der Waals surface area contributed by atoms with Gasteiger partial charge in [-0.05, 0) is 24.3 Å². The van der Waals surface area contributed by atoms with E-state index < -0.39 is 17.8 Å². The van der Waals surface area contributed by atoms with Gasteiger partial charge in [-0.2, -0.15) is 9.97 Å². The maximum atomic E-state index is 12.9. The van der Waals surface area contributed by atoms with Crippen LogP contribution in [0.1, 0.15) is 10.5 Å². The Balaban J connectivity index is 2.30. The number of nitrogens with two attached hydrogens (primary N) is 2. The minimum absolute atomic E-state index is 0.0353. The lowest BCUT2D eigenvalue weighted by Gasteiger charge is -2.12. The highest BCUT2D eigenvalue weighted by Gasteiger charge is 2.13. The van der Waals surface area contributed by atoms with Crippen molar-refractivity contribution in [3.8, 4) is 11.8 Å². The molecule has 0 fully saturated rings. The van der Waals surface area contributed by atoms with Crippen LogP contribution in [0.4, 0.5) is 10.2 Å². The van der Waals surface area contributed by atoms with Crippen molar-refractivity contribution in [2.24, 2.45) is 11.5 Å². The van der Waals surface area contributed by atoms with Gasteiger partial charge in [0.1, 0.15) is 29.4 Å². The summed E-state index contributed by atoms with van der Waals surface area (Å²) in [5.41, 5.74) is 10.5. The molecule has 0 bridgehead atoms. The molecule has 2 rings (SSSR count). The molecule has 9 heteroatoms. The number of carbonyl (C=O) groups is 2. The van der Waals surface area contributed by atoms with Crippen LogP contribution in [0.15, 0.2) is 30.3 Å². The zero-order valence-corrected chi connectivity index (χ0v) is 11.9. The Labute approximate surface area is 130 Å². The van der Waals surface area contributed by atoms with Crippen LogP contribution in [0.25, 0.3) is 0 Å². The van der Waals surface area contributed by atoms with Crippen LogP contribution in [-0.4, -0.2) is 34.7 Å². The summed E-state index contributed by atoms with van der Waals surface area (Å²) in [6, 6.07) is 5.54. The zero-order valence-electron chi connectivity index (χ0n) is 11.9. The van der Waals surface area contributed by atoms with Gasteiger partial charge >= 0.3 is 6.01 Å². The quantitative estimate of drug-likeness (QED) is 0.631. The number of benzene rings is 1. The lowest BCUT2D eigenvalue weighted by atomic mass is 10.3. The Morgan fingerprint density at radius 3 is 2.61 bits per heavy atom. The molecule has 1 aromatic carbocycles. The lowest BCUT2D eigenvalue weighted by molar-refractivity contribution is -0.108. The summed E-state index contributed by atoms with van der Waals surface area (Å²) in [4.78, 5) is 30.0. The Morgan fingerprint density at radius 2 is 2.04 bits per heavy atom. The molecule has 8 nitrogen and oxygen atoms in total. The third-order valence-electron chi connectivity index (χ3n) is 2.73. The summed E-state index contributed by atoms with van der Waals surface area (Å²) >= 11 is 0. The molecular formula is C14H14FN5O3. The number of aromatic nitrogens is 2. The number of aldehydes is 1. The fourth-order valence-corrected chi connectivity index (χ4v) is 1.62. The molecule has 1 aromatic heterocycles. The second kappa shape index (κ2) is 7.27. The van der Waals surface area contributed by atoms with E-state index in [9.17, 15) is 14.0 Å². The van der Waals surface area contributed by atoms with E-state index in [0.717, 1.165) is 0 Å². The molecule has 0 spiro atoms. The van der Waals surface area contributed by atoms with E-state index in [2.05, 4.69) is 15.3 Å². The number of nitrogens with one attached hydrogen (secondary N) is 1. The molecule has 0 saturated carbocycles. The average molecular weight is 319 g/mol. The van der Waals surface area contributed by atoms with E-state index in [1.165, 1.54) is 30.3 Å². The predicted octanol–water partition coefficient (Wildman–Crippen LogP) is 0.445. The lowest BCUT2D eigenvalue weighted by Crippen LogP contribution is -2.30. The standard InChI is InChI=1S/C14H14FN5O3/c15-8-1-3-10(4-2-8)23-14-19-11(13(17)22)5-12(20-14)18-9(6-16)7-21/h1-5,7,9H,6,16H2,(H2,17,22)(H,18,19,20). The predicted molar refractivity (Wildman–Crippen MR) is 79.6 cm³/mol. The van der Waals surface area contributed by atoms with Crippen molar-refractivity contribution in [1.29, 1.82) is 0 Å². The number of primary amides is 1. The van der Waals surface area contributed by atoms with Gasteiger partial charge in [0, 0.05) is 12.6 Å². The molecule has 0 aliphatic rings. The average Bonchev–Trinajstić information content (AvgIpc) is 2.54. The molecule has 5 N–H and O–H groups in total. The molecule has 2 aromatic rings. The van der Waals surface area contributed by atoms with Crippen LogP contribution in [0.5, 0.6) is 11.8 Å². The third kappa shape index (κ3) is 4.45. The minimum Gasteiger partial charge on any atom is -0.424 e. The van der Waals surface area contributed by atoms with Gasteiger partial charge in [0.25, 0.3) is 5.91 Å². The maximum Gasteiger partial charge on any atom is 0.324 e. The van der Waals surface area contributed by atoms with Crippen LogP contribution in [0.3, 0.4) is 0 Å². The zero-order chi connectivity index (χ0) is 16.8. The van der Waals surface area contributed by atoms with Gasteiger partial charge in [-0.15, -0.1) is 0 Å². The summed E-state index contributed by atoms with van der Waals surface area (Å²) in [6.45, 7) is 0.0353. The largest absolute Gasteiger partial charge is 0.424 e. The number of halogens is 1. The number of carbonyl (C=O) groups excluding carboxylic acids is 2. The van der Waals surface area contributed by atoms with Crippen LogP contribution >= 0.6 is 0 Å². The first-order valence-corrected chi connectivity index (χ1v) is 6.56. The highest BCUT2D eigenvalue weighted by Crippen LogP contribution is 2.20. The third-order valence-corrected chi connectivity index (χ3v) is 2.73. The summed E-state index contributed by atoms with van der Waals surface area (Å²) in [6.07, 6.45) is 0.604. The summed E-state index contributed by atoms with van der Waals surface area (Å²) in [5.74, 6) is -0.809. The Bertz CT molecular complexity index is 708. The Kier molecular flexibility index (Phi) is 5.15. The number of hydrogen-bond acceptors (Lipinski definition) is 7. The molecule has 23 heavy (non-hydrogen) atoms. The van der Waals surface area contributed by atoms with Crippen molar-refractivity contribution in [2.75, 3.05) is 11.9 Å². The SMILES string of the molecule is NCC(C=O)Nc1cc(C(N)=O)nc(Oc2ccc(F)cc2)n1. The molecule has 0 radical (unpaired) electrons. The fraction of sp³-hybridized carbons (Fsp3) is 0.143. The van der Waals surface area contributed by atoms with Gasteiger partial charge in [-0.25, -0.2) is 4.39 Å². The number of rotatable bonds is 7. The van der Waals surface area contributed by atoms with Gasteiger partial charge in [-0.3, -0.25) is 4.79 Å². The van der Waals surface area contributed by atoms with Crippen LogP contribution in [0.2, 0.25) is 0 Å². The second-order valence-corrected chi connectivity index (χ2v) is 4.46. The molecule has 1 atom stereocenters. The van der Waals surface area contributed by atoms with Gasteiger partial charge in [0.15, 0.2) is 0 Å². The molecule has 1 amide bonds. The highest BCUT2D eigenvalue weighted by atomic mass is 19.1. The van der Waals surface area contributed by atoms with Gasteiger partial charge in [0.05, 0.1) is 6.04 Å². The number of anilines is 1. The van der Waals surface area contributed by atoms with E-state index in [4.69, 9.17) is 16.2 Å². The Morgan fingerprint density at radius 1 is 1.35 bits per heavy atom. The number of ether oxygens (including phenoxy) is 1. The molecule has 0 saturated heterocycles. The van der Waals surface area contributed by atoms with Gasteiger partial charge in [-0.1, -0.05) is 0 Å². The maximum absolute atomic E-state index is 12.9. The Hall–Kier alpha value is -3.07. The van der Waals surface area contributed by atoms with Gasteiger partial charge in [0.2, 0.25) is 0 Å². The van der Waals surface area contributed by atoms with Crippen LogP contribution in [-0.2, 0) is 4.79 Å². The summed E-state index contributed by atoms with van der Waals surface area (Å²) in [7, 11) is 0. The van der Waals surface area contributed by atoms with E-state index >= 15 is 0 Å². The molecule has 0 aliphatic heterocycles. The molecule has 0 aliphatic carbocycles. The van der Waals surface area contributed by atoms with Crippen LogP contribution < -0.4 is 21.5 Å². The highest BCUT2D eigenvalue weighted by molar-refractivity contribution is 5.91. The first kappa shape index (κ1) is 16.3. The van der Waals surface area contributed by atoms with Crippen molar-refractivity contribution >= 4 is 18.0 Å². The number of nitrogens with zero attached hydrogens (tertiary/aromatic N) is 2. The monoisotopic (exact) mass is 319 g/mol. The van der Waals surface area contributed by atoms with Crippen LogP contribution in [0, 0.1) is 5.82 Å². The van der Waals surface area contributed by atoms with E-state index in [0.29, 0.717) is 6.29 Å². The number of hydrogen-bond donors (Lipinski definition) is 3. The molecule has 1 unspecified atom stereocenters. The smallest absolute Gasteiger partial charge is 0.324 e. The first-order valence-electron chi connectivity index (χ1n) is 6.56. The summed E-state index contributed by atoms with van der Waals surface area (Å²) in [5, 5.41) is 2.72. The fourth-order valence-electron chi connectivity index (χ4n) is 1.62. The van der Waals surface area contributed by atoms with Gasteiger partial charge < -0.3 is 26.3 Å². The molecule has 120 valence electrons. The molecule has 1 heterocycles. The van der Waals surface area contributed by atoms with Crippen molar-refractivity contribution in [3.63, 3.8) is 0 Å². The second-order valence-electron chi connectivity index (χ2n) is 4.46.